The largest absolute Gasteiger partial charge is 0.346 e. The summed E-state index contributed by atoms with van der Waals surface area (Å²) >= 11 is 0. The SMILES string of the molecule is C1=CCC(CNCc2c[nH]c3ncccc23)CC1. The lowest BCUT2D eigenvalue weighted by Gasteiger charge is -2.17. The third-order valence-corrected chi connectivity index (χ3v) is 3.66. The van der Waals surface area contributed by atoms with Gasteiger partial charge in [0, 0.05) is 24.3 Å². The summed E-state index contributed by atoms with van der Waals surface area (Å²) in [5, 5.41) is 4.80. The van der Waals surface area contributed by atoms with Gasteiger partial charge < -0.3 is 10.3 Å². The fourth-order valence-corrected chi connectivity index (χ4v) is 2.61. The third kappa shape index (κ3) is 2.46. The Morgan fingerprint density at radius 2 is 2.39 bits per heavy atom. The third-order valence-electron chi connectivity index (χ3n) is 3.66. The minimum atomic E-state index is 0.804. The van der Waals surface area contributed by atoms with Crippen molar-refractivity contribution in [1.82, 2.24) is 15.3 Å². The lowest BCUT2D eigenvalue weighted by atomic mass is 9.94. The molecule has 0 aliphatic heterocycles. The first-order chi connectivity index (χ1) is 8.93. The van der Waals surface area contributed by atoms with Crippen LogP contribution in [0.4, 0.5) is 0 Å². The summed E-state index contributed by atoms with van der Waals surface area (Å²) in [6.45, 7) is 2.03. The lowest BCUT2D eigenvalue weighted by molar-refractivity contribution is 0.441. The van der Waals surface area contributed by atoms with E-state index in [0.29, 0.717) is 0 Å². The molecule has 3 nitrogen and oxygen atoms in total. The Morgan fingerprint density at radius 1 is 1.39 bits per heavy atom. The fourth-order valence-electron chi connectivity index (χ4n) is 2.61. The summed E-state index contributed by atoms with van der Waals surface area (Å²) in [5.41, 5.74) is 2.29. The summed E-state index contributed by atoms with van der Waals surface area (Å²) in [5.74, 6) is 0.804. The zero-order valence-electron chi connectivity index (χ0n) is 10.5. The average Bonchev–Trinajstić information content (AvgIpc) is 2.84. The van der Waals surface area contributed by atoms with Crippen molar-refractivity contribution in [3.8, 4) is 0 Å². The highest BCUT2D eigenvalue weighted by Gasteiger charge is 2.09. The van der Waals surface area contributed by atoms with Crippen LogP contribution in [-0.4, -0.2) is 16.5 Å². The Morgan fingerprint density at radius 3 is 3.28 bits per heavy atom. The van der Waals surface area contributed by atoms with Crippen LogP contribution in [0.25, 0.3) is 11.0 Å². The quantitative estimate of drug-likeness (QED) is 0.808. The molecule has 0 fully saturated rings. The number of fused-ring (bicyclic) bond motifs is 1. The second-order valence-electron chi connectivity index (χ2n) is 4.99. The van der Waals surface area contributed by atoms with Crippen molar-refractivity contribution in [1.29, 1.82) is 0 Å². The maximum Gasteiger partial charge on any atom is 0.137 e. The first-order valence-corrected chi connectivity index (χ1v) is 6.70. The molecule has 1 aliphatic carbocycles. The van der Waals surface area contributed by atoms with E-state index in [0.717, 1.165) is 24.7 Å². The molecule has 2 heterocycles. The molecule has 0 saturated heterocycles. The molecule has 1 atom stereocenters. The molecule has 2 aromatic heterocycles. The number of pyridine rings is 1. The van der Waals surface area contributed by atoms with Crippen molar-refractivity contribution < 1.29 is 0 Å². The van der Waals surface area contributed by atoms with Gasteiger partial charge >= 0.3 is 0 Å². The van der Waals surface area contributed by atoms with Gasteiger partial charge in [-0.3, -0.25) is 0 Å². The van der Waals surface area contributed by atoms with E-state index in [4.69, 9.17) is 0 Å². The van der Waals surface area contributed by atoms with Crippen LogP contribution < -0.4 is 5.32 Å². The number of aromatic amines is 1. The number of H-pyrrole nitrogens is 1. The molecule has 2 aromatic rings. The Kier molecular flexibility index (Phi) is 3.42. The molecule has 2 N–H and O–H groups in total. The smallest absolute Gasteiger partial charge is 0.137 e. The Balaban J connectivity index is 1.58. The van der Waals surface area contributed by atoms with E-state index >= 15 is 0 Å². The number of hydrogen-bond donors (Lipinski definition) is 2. The highest BCUT2D eigenvalue weighted by molar-refractivity contribution is 5.79. The van der Waals surface area contributed by atoms with Gasteiger partial charge in [-0.05, 0) is 49.4 Å². The summed E-state index contributed by atoms with van der Waals surface area (Å²) in [6.07, 6.45) is 12.3. The van der Waals surface area contributed by atoms with Crippen LogP contribution in [0.3, 0.4) is 0 Å². The predicted molar refractivity (Wildman–Crippen MR) is 74.3 cm³/mol. The van der Waals surface area contributed by atoms with E-state index in [1.807, 2.05) is 12.3 Å². The normalized spacial score (nSPS) is 19.4. The van der Waals surface area contributed by atoms with Crippen molar-refractivity contribution in [3.63, 3.8) is 0 Å². The molecular weight excluding hydrogens is 222 g/mol. The number of aromatic nitrogens is 2. The van der Waals surface area contributed by atoms with E-state index in [-0.39, 0.29) is 0 Å². The number of nitrogens with one attached hydrogen (secondary N) is 2. The van der Waals surface area contributed by atoms with E-state index in [1.54, 1.807) is 0 Å². The van der Waals surface area contributed by atoms with E-state index in [9.17, 15) is 0 Å². The Labute approximate surface area is 107 Å². The maximum atomic E-state index is 4.31. The monoisotopic (exact) mass is 241 g/mol. The first kappa shape index (κ1) is 11.5. The number of nitrogens with zero attached hydrogens (tertiary/aromatic N) is 1. The Hall–Kier alpha value is -1.61. The second kappa shape index (κ2) is 5.36. The molecule has 94 valence electrons. The topological polar surface area (TPSA) is 40.7 Å². The number of allylic oxidation sites excluding steroid dienone is 2. The van der Waals surface area contributed by atoms with Crippen LogP contribution in [0.15, 0.2) is 36.7 Å². The molecule has 3 rings (SSSR count). The zero-order valence-corrected chi connectivity index (χ0v) is 10.5. The van der Waals surface area contributed by atoms with Crippen LogP contribution in [0, 0.1) is 5.92 Å². The van der Waals surface area contributed by atoms with Crippen molar-refractivity contribution in [2.45, 2.75) is 25.8 Å². The summed E-state index contributed by atoms with van der Waals surface area (Å²) < 4.78 is 0. The molecule has 0 amide bonds. The Bertz CT molecular complexity index is 541. The van der Waals surface area contributed by atoms with Gasteiger partial charge in [0.1, 0.15) is 5.65 Å². The van der Waals surface area contributed by atoms with Crippen LogP contribution in [0.5, 0.6) is 0 Å². The van der Waals surface area contributed by atoms with Crippen LogP contribution in [0.1, 0.15) is 24.8 Å². The van der Waals surface area contributed by atoms with E-state index in [1.165, 1.54) is 30.2 Å². The predicted octanol–water partition coefficient (Wildman–Crippen LogP) is 3.01. The maximum absolute atomic E-state index is 4.31. The molecule has 3 heteroatoms. The van der Waals surface area contributed by atoms with Crippen LogP contribution in [0.2, 0.25) is 0 Å². The van der Waals surface area contributed by atoms with Crippen molar-refractivity contribution >= 4 is 11.0 Å². The molecule has 0 bridgehead atoms. The molecular formula is C15H19N3. The van der Waals surface area contributed by atoms with Crippen LogP contribution in [-0.2, 0) is 6.54 Å². The summed E-state index contributed by atoms with van der Waals surface area (Å²) in [6, 6.07) is 4.12. The number of rotatable bonds is 4. The van der Waals surface area contributed by atoms with Gasteiger partial charge in [-0.2, -0.15) is 0 Å². The van der Waals surface area contributed by atoms with Gasteiger partial charge in [-0.1, -0.05) is 12.2 Å². The van der Waals surface area contributed by atoms with Gasteiger partial charge in [0.05, 0.1) is 0 Å². The van der Waals surface area contributed by atoms with E-state index < -0.39 is 0 Å². The highest BCUT2D eigenvalue weighted by Crippen LogP contribution is 2.18. The lowest BCUT2D eigenvalue weighted by Crippen LogP contribution is -2.23. The van der Waals surface area contributed by atoms with Crippen LogP contribution >= 0.6 is 0 Å². The minimum Gasteiger partial charge on any atom is -0.346 e. The zero-order chi connectivity index (χ0) is 12.2. The highest BCUT2D eigenvalue weighted by atomic mass is 14.9. The average molecular weight is 241 g/mol. The fraction of sp³-hybridized carbons (Fsp3) is 0.400. The van der Waals surface area contributed by atoms with E-state index in [2.05, 4.69) is 39.7 Å². The molecule has 1 unspecified atom stereocenters. The standard InChI is InChI=1S/C15H19N3/c1-2-5-12(6-3-1)9-16-10-13-11-18-15-14(13)7-4-8-17-15/h1-2,4,7-8,11-12,16H,3,5-6,9-10H2,(H,17,18). The first-order valence-electron chi connectivity index (χ1n) is 6.70. The minimum absolute atomic E-state index is 0.804. The van der Waals surface area contributed by atoms with Gasteiger partial charge in [-0.25, -0.2) is 4.98 Å². The van der Waals surface area contributed by atoms with Crippen molar-refractivity contribution in [3.05, 3.63) is 42.2 Å². The summed E-state index contributed by atoms with van der Waals surface area (Å²) in [7, 11) is 0. The second-order valence-corrected chi connectivity index (χ2v) is 4.99. The molecule has 1 aliphatic rings. The van der Waals surface area contributed by atoms with Gasteiger partial charge in [0.15, 0.2) is 0 Å². The molecule has 18 heavy (non-hydrogen) atoms. The molecule has 0 spiro atoms. The molecule has 0 aromatic carbocycles. The van der Waals surface area contributed by atoms with Crippen molar-refractivity contribution in [2.24, 2.45) is 5.92 Å². The summed E-state index contributed by atoms with van der Waals surface area (Å²) in [4.78, 5) is 7.52. The van der Waals surface area contributed by atoms with Gasteiger partial charge in [-0.15, -0.1) is 0 Å². The molecule has 0 saturated carbocycles. The number of hydrogen-bond acceptors (Lipinski definition) is 2. The van der Waals surface area contributed by atoms with Gasteiger partial charge in [0.25, 0.3) is 0 Å². The molecule has 0 radical (unpaired) electrons. The van der Waals surface area contributed by atoms with Crippen molar-refractivity contribution in [2.75, 3.05) is 6.54 Å². The van der Waals surface area contributed by atoms with Gasteiger partial charge in [0.2, 0.25) is 0 Å².